The van der Waals surface area contributed by atoms with E-state index in [0.29, 0.717) is 0 Å². The molecule has 2 aromatic carbocycles. The Balaban J connectivity index is 1.63. The number of nitrogens with zero attached hydrogens (tertiary/aromatic N) is 1. The molecule has 4 rings (SSSR count). The molecule has 0 amide bonds. The van der Waals surface area contributed by atoms with E-state index in [9.17, 15) is 0 Å². The molecule has 134 valence electrons. The lowest BCUT2D eigenvalue weighted by Crippen LogP contribution is -2.42. The van der Waals surface area contributed by atoms with Gasteiger partial charge in [-0.3, -0.25) is 0 Å². The van der Waals surface area contributed by atoms with E-state index >= 15 is 0 Å². The van der Waals surface area contributed by atoms with Gasteiger partial charge in [-0.15, -0.1) is 0 Å². The number of hydrogen-bond donors (Lipinski definition) is 2. The van der Waals surface area contributed by atoms with Crippen LogP contribution in [0.2, 0.25) is 5.02 Å². The molecule has 2 N–H and O–H groups in total. The van der Waals surface area contributed by atoms with Crippen LogP contribution in [0.15, 0.2) is 42.5 Å². The summed E-state index contributed by atoms with van der Waals surface area (Å²) >= 11 is 11.8. The van der Waals surface area contributed by atoms with Gasteiger partial charge in [0, 0.05) is 33.9 Å². The molecule has 0 bridgehead atoms. The maximum absolute atomic E-state index is 6.07. The Hall–Kier alpha value is -2.04. The Labute approximate surface area is 164 Å². The molecule has 1 unspecified atom stereocenters. The van der Waals surface area contributed by atoms with E-state index in [2.05, 4.69) is 46.4 Å². The number of thiocarbonyl (C=S) groups is 1. The van der Waals surface area contributed by atoms with E-state index in [1.165, 1.54) is 22.2 Å². The normalized spacial score (nSPS) is 16.6. The van der Waals surface area contributed by atoms with Crippen molar-refractivity contribution in [2.24, 2.45) is 0 Å². The van der Waals surface area contributed by atoms with Crippen LogP contribution in [0.1, 0.15) is 36.2 Å². The molecule has 1 aliphatic heterocycles. The third-order valence-electron chi connectivity index (χ3n) is 5.24. The number of aromatic amines is 1. The summed E-state index contributed by atoms with van der Waals surface area (Å²) in [5.74, 6) is 0. The largest absolute Gasteiger partial charge is 0.356 e. The molecule has 0 fully saturated rings. The number of fused-ring (bicyclic) bond motifs is 3. The van der Waals surface area contributed by atoms with Crippen molar-refractivity contribution in [3.63, 3.8) is 0 Å². The van der Waals surface area contributed by atoms with Crippen molar-refractivity contribution in [1.82, 2.24) is 9.88 Å². The minimum Gasteiger partial charge on any atom is -0.356 e. The molecule has 0 saturated carbocycles. The summed E-state index contributed by atoms with van der Waals surface area (Å²) in [7, 11) is 0. The Morgan fingerprint density at radius 2 is 2.12 bits per heavy atom. The first kappa shape index (κ1) is 17.4. The summed E-state index contributed by atoms with van der Waals surface area (Å²) < 4.78 is 0. The Bertz CT molecular complexity index is 979. The van der Waals surface area contributed by atoms with Crippen LogP contribution in [0.3, 0.4) is 0 Å². The lowest BCUT2D eigenvalue weighted by atomic mass is 9.96. The van der Waals surface area contributed by atoms with Crippen LogP contribution in [0.5, 0.6) is 0 Å². The Morgan fingerprint density at radius 1 is 1.31 bits per heavy atom. The van der Waals surface area contributed by atoms with Gasteiger partial charge in [-0.25, -0.2) is 0 Å². The van der Waals surface area contributed by atoms with Gasteiger partial charge in [-0.2, -0.15) is 0 Å². The summed E-state index contributed by atoms with van der Waals surface area (Å²) in [6, 6.07) is 14.7. The number of aryl methyl sites for hydroxylation is 1. The van der Waals surface area contributed by atoms with E-state index in [4.69, 9.17) is 23.8 Å². The number of benzene rings is 2. The van der Waals surface area contributed by atoms with Crippen molar-refractivity contribution in [3.8, 4) is 0 Å². The number of halogens is 1. The third-order valence-corrected chi connectivity index (χ3v) is 5.81. The highest BCUT2D eigenvalue weighted by Gasteiger charge is 2.30. The van der Waals surface area contributed by atoms with Crippen molar-refractivity contribution in [2.45, 2.75) is 32.7 Å². The second kappa shape index (κ2) is 6.93. The number of rotatable bonds is 2. The van der Waals surface area contributed by atoms with Crippen LogP contribution >= 0.6 is 23.8 Å². The number of anilines is 1. The van der Waals surface area contributed by atoms with Crippen molar-refractivity contribution in [2.75, 3.05) is 11.9 Å². The van der Waals surface area contributed by atoms with Gasteiger partial charge in [0.05, 0.1) is 6.04 Å². The average molecular weight is 384 g/mol. The fourth-order valence-electron chi connectivity index (χ4n) is 3.94. The summed E-state index contributed by atoms with van der Waals surface area (Å²) in [4.78, 5) is 5.94. The number of H-pyrrole nitrogens is 1. The topological polar surface area (TPSA) is 31.1 Å². The molecular weight excluding hydrogens is 362 g/mol. The molecule has 1 aromatic heterocycles. The summed E-state index contributed by atoms with van der Waals surface area (Å²) in [5, 5.41) is 6.27. The smallest absolute Gasteiger partial charge is 0.174 e. The predicted octanol–water partition coefficient (Wildman–Crippen LogP) is 5.84. The Morgan fingerprint density at radius 3 is 2.88 bits per heavy atom. The lowest BCUT2D eigenvalue weighted by Gasteiger charge is -2.37. The molecule has 1 aliphatic rings. The van der Waals surface area contributed by atoms with E-state index < -0.39 is 0 Å². The van der Waals surface area contributed by atoms with Gasteiger partial charge in [0.25, 0.3) is 0 Å². The molecule has 1 atom stereocenters. The number of aromatic nitrogens is 1. The lowest BCUT2D eigenvalue weighted by molar-refractivity contribution is 0.291. The summed E-state index contributed by atoms with van der Waals surface area (Å²) in [5.41, 5.74) is 6.06. The maximum Gasteiger partial charge on any atom is 0.174 e. The average Bonchev–Trinajstić information content (AvgIpc) is 3.01. The third kappa shape index (κ3) is 2.97. The molecule has 5 heteroatoms. The first-order valence-corrected chi connectivity index (χ1v) is 9.80. The van der Waals surface area contributed by atoms with Crippen molar-refractivity contribution < 1.29 is 0 Å². The van der Waals surface area contributed by atoms with Crippen LogP contribution in [-0.4, -0.2) is 21.5 Å². The zero-order valence-corrected chi connectivity index (χ0v) is 16.5. The van der Waals surface area contributed by atoms with Gasteiger partial charge in [-0.1, -0.05) is 36.7 Å². The standard InChI is InChI=1S/C21H22ClN3S/c1-3-19-20-16(15-6-4-5-7-18(15)23-20)10-11-25(19)21(26)24-17-9-8-14(22)12-13(17)2/h4-9,12,19,23H,3,10-11H2,1-2H3,(H,24,26). The van der Waals surface area contributed by atoms with Crippen LogP contribution in [0.4, 0.5) is 5.69 Å². The predicted molar refractivity (Wildman–Crippen MR) is 114 cm³/mol. The van der Waals surface area contributed by atoms with Gasteiger partial charge < -0.3 is 15.2 Å². The van der Waals surface area contributed by atoms with Gasteiger partial charge in [0.15, 0.2) is 5.11 Å². The van der Waals surface area contributed by atoms with E-state index in [1.807, 2.05) is 25.1 Å². The first-order valence-electron chi connectivity index (χ1n) is 9.01. The molecule has 3 aromatic rings. The molecular formula is C21H22ClN3S. The molecule has 0 spiro atoms. The molecule has 0 aliphatic carbocycles. The fraction of sp³-hybridized carbons (Fsp3) is 0.286. The second-order valence-corrected chi connectivity index (χ2v) is 7.64. The van der Waals surface area contributed by atoms with Crippen LogP contribution in [-0.2, 0) is 6.42 Å². The van der Waals surface area contributed by atoms with Gasteiger partial charge in [-0.05, 0) is 67.4 Å². The number of hydrogen-bond acceptors (Lipinski definition) is 1. The van der Waals surface area contributed by atoms with Crippen molar-refractivity contribution in [1.29, 1.82) is 0 Å². The van der Waals surface area contributed by atoms with Gasteiger partial charge >= 0.3 is 0 Å². The van der Waals surface area contributed by atoms with Crippen LogP contribution < -0.4 is 5.32 Å². The minimum atomic E-state index is 0.263. The number of para-hydroxylation sites is 1. The van der Waals surface area contributed by atoms with Gasteiger partial charge in [0.1, 0.15) is 0 Å². The first-order chi connectivity index (χ1) is 12.6. The Kier molecular flexibility index (Phi) is 4.63. The monoisotopic (exact) mass is 383 g/mol. The fourth-order valence-corrected chi connectivity index (χ4v) is 4.50. The van der Waals surface area contributed by atoms with Crippen LogP contribution in [0.25, 0.3) is 10.9 Å². The molecule has 26 heavy (non-hydrogen) atoms. The molecule has 0 radical (unpaired) electrons. The van der Waals surface area contributed by atoms with Crippen LogP contribution in [0, 0.1) is 6.92 Å². The zero-order valence-electron chi connectivity index (χ0n) is 15.0. The van der Waals surface area contributed by atoms with Crippen molar-refractivity contribution in [3.05, 3.63) is 64.3 Å². The van der Waals surface area contributed by atoms with Crippen molar-refractivity contribution >= 4 is 45.5 Å². The quantitative estimate of drug-likeness (QED) is 0.545. The highest BCUT2D eigenvalue weighted by molar-refractivity contribution is 7.80. The summed E-state index contributed by atoms with van der Waals surface area (Å²) in [6.45, 7) is 5.18. The summed E-state index contributed by atoms with van der Waals surface area (Å²) in [6.07, 6.45) is 2.00. The molecule has 0 saturated heterocycles. The highest BCUT2D eigenvalue weighted by Crippen LogP contribution is 2.36. The molecule has 2 heterocycles. The minimum absolute atomic E-state index is 0.263. The highest BCUT2D eigenvalue weighted by atomic mass is 35.5. The number of nitrogens with one attached hydrogen (secondary N) is 2. The molecule has 3 nitrogen and oxygen atoms in total. The maximum atomic E-state index is 6.07. The zero-order chi connectivity index (χ0) is 18.3. The van der Waals surface area contributed by atoms with Gasteiger partial charge in [0.2, 0.25) is 0 Å². The second-order valence-electron chi connectivity index (χ2n) is 6.82. The van der Waals surface area contributed by atoms with E-state index in [-0.39, 0.29) is 6.04 Å². The van der Waals surface area contributed by atoms with E-state index in [1.54, 1.807) is 0 Å². The van der Waals surface area contributed by atoms with E-state index in [0.717, 1.165) is 40.8 Å². The SMILES string of the molecule is CCC1c2[nH]c3ccccc3c2CCN1C(=S)Nc1ccc(Cl)cc1C.